The van der Waals surface area contributed by atoms with Gasteiger partial charge in [0.2, 0.25) is 0 Å². The molecule has 0 aromatic carbocycles. The molecule has 1 unspecified atom stereocenters. The van der Waals surface area contributed by atoms with Crippen molar-refractivity contribution in [1.29, 1.82) is 0 Å². The van der Waals surface area contributed by atoms with Gasteiger partial charge in [-0.1, -0.05) is 40.2 Å². The van der Waals surface area contributed by atoms with Gasteiger partial charge in [0.25, 0.3) is 0 Å². The van der Waals surface area contributed by atoms with Crippen LogP contribution in [0.25, 0.3) is 0 Å². The Bertz CT molecular complexity index is 663. The number of rotatable bonds is 5. The third-order valence-electron chi connectivity index (χ3n) is 10.4. The van der Waals surface area contributed by atoms with Crippen LogP contribution in [-0.4, -0.2) is 17.0 Å². The third-order valence-corrected chi connectivity index (χ3v) is 10.4. The normalized spacial score (nSPS) is 44.0. The molecule has 3 saturated carbocycles. The fraction of sp³-hybridized carbons (Fsp3) is 0.889. The Labute approximate surface area is 178 Å². The van der Waals surface area contributed by atoms with Gasteiger partial charge in [0.15, 0.2) is 5.78 Å². The average molecular weight is 401 g/mol. The van der Waals surface area contributed by atoms with E-state index in [4.69, 9.17) is 0 Å². The Morgan fingerprint density at radius 1 is 1.00 bits per heavy atom. The molecule has 4 rings (SSSR count). The van der Waals surface area contributed by atoms with Crippen LogP contribution in [0.4, 0.5) is 0 Å². The summed E-state index contributed by atoms with van der Waals surface area (Å²) in [5.41, 5.74) is 2.28. The van der Waals surface area contributed by atoms with Gasteiger partial charge in [0.1, 0.15) is 0 Å². The van der Waals surface area contributed by atoms with Gasteiger partial charge in [0.05, 0.1) is 6.10 Å². The van der Waals surface area contributed by atoms with Crippen molar-refractivity contribution in [2.75, 3.05) is 0 Å². The van der Waals surface area contributed by atoms with Crippen LogP contribution in [0, 0.1) is 46.3 Å². The maximum Gasteiger partial charge on any atom is 0.155 e. The quantitative estimate of drug-likeness (QED) is 0.567. The molecule has 8 atom stereocenters. The van der Waals surface area contributed by atoms with Crippen LogP contribution >= 0.6 is 0 Å². The Morgan fingerprint density at radius 3 is 2.48 bits per heavy atom. The van der Waals surface area contributed by atoms with E-state index in [1.165, 1.54) is 44.1 Å². The predicted octanol–water partition coefficient (Wildman–Crippen LogP) is 6.57. The molecular formula is C27H44O2. The molecule has 0 saturated heterocycles. The highest BCUT2D eigenvalue weighted by Crippen LogP contribution is 2.67. The zero-order chi connectivity index (χ0) is 21.0. The number of aliphatic hydroxyl groups excluding tert-OH is 1. The Hall–Kier alpha value is -0.630. The topological polar surface area (TPSA) is 37.3 Å². The second-order valence-electron chi connectivity index (χ2n) is 12.1. The molecule has 4 aliphatic carbocycles. The van der Waals surface area contributed by atoms with Crippen LogP contribution in [0.5, 0.6) is 0 Å². The molecule has 1 N–H and O–H groups in total. The number of carbonyl (C=O) groups is 1. The zero-order valence-electron chi connectivity index (χ0n) is 19.5. The van der Waals surface area contributed by atoms with Crippen molar-refractivity contribution in [2.45, 2.75) is 105 Å². The molecule has 0 spiro atoms. The SMILES string of the molecule is CC(C)C(O)CC[C@@H](C)[C@H]1CC[C@H]2[C@@H]3CCC4=CC(=O)CC[C@]4(C)[C@H]3CC[C@]12C. The van der Waals surface area contributed by atoms with Crippen molar-refractivity contribution in [3.05, 3.63) is 11.6 Å². The molecule has 4 aliphatic rings. The van der Waals surface area contributed by atoms with Crippen LogP contribution in [-0.2, 0) is 4.79 Å². The van der Waals surface area contributed by atoms with E-state index >= 15 is 0 Å². The summed E-state index contributed by atoms with van der Waals surface area (Å²) >= 11 is 0. The van der Waals surface area contributed by atoms with Crippen molar-refractivity contribution in [3.63, 3.8) is 0 Å². The number of carbonyl (C=O) groups excluding carboxylic acids is 1. The molecule has 0 aromatic heterocycles. The minimum atomic E-state index is -0.143. The lowest BCUT2D eigenvalue weighted by Crippen LogP contribution is -2.51. The highest BCUT2D eigenvalue weighted by atomic mass is 16.3. The average Bonchev–Trinajstić information content (AvgIpc) is 3.03. The number of aliphatic hydroxyl groups is 1. The van der Waals surface area contributed by atoms with Crippen molar-refractivity contribution in [3.8, 4) is 0 Å². The zero-order valence-corrected chi connectivity index (χ0v) is 19.5. The number of allylic oxidation sites excluding steroid dienone is 1. The van der Waals surface area contributed by atoms with Crippen molar-refractivity contribution in [1.82, 2.24) is 0 Å². The number of fused-ring (bicyclic) bond motifs is 5. The van der Waals surface area contributed by atoms with Crippen LogP contribution in [0.15, 0.2) is 11.6 Å². The van der Waals surface area contributed by atoms with E-state index in [0.29, 0.717) is 22.5 Å². The first-order valence-electron chi connectivity index (χ1n) is 12.6. The van der Waals surface area contributed by atoms with E-state index in [9.17, 15) is 9.90 Å². The Kier molecular flexibility index (Phi) is 5.82. The molecule has 164 valence electrons. The monoisotopic (exact) mass is 400 g/mol. The van der Waals surface area contributed by atoms with Gasteiger partial charge in [0, 0.05) is 6.42 Å². The first kappa shape index (κ1) is 21.6. The van der Waals surface area contributed by atoms with E-state index < -0.39 is 0 Å². The first-order valence-corrected chi connectivity index (χ1v) is 12.6. The largest absolute Gasteiger partial charge is 0.393 e. The van der Waals surface area contributed by atoms with E-state index in [0.717, 1.165) is 55.3 Å². The molecule has 0 radical (unpaired) electrons. The molecular weight excluding hydrogens is 356 g/mol. The Morgan fingerprint density at radius 2 is 1.76 bits per heavy atom. The minimum Gasteiger partial charge on any atom is -0.393 e. The van der Waals surface area contributed by atoms with E-state index in [-0.39, 0.29) is 6.10 Å². The molecule has 0 heterocycles. The van der Waals surface area contributed by atoms with Crippen molar-refractivity contribution >= 4 is 5.78 Å². The molecule has 0 bridgehead atoms. The van der Waals surface area contributed by atoms with E-state index in [1.807, 2.05) is 6.08 Å². The highest BCUT2D eigenvalue weighted by molar-refractivity contribution is 5.91. The lowest BCUT2D eigenvalue weighted by atomic mass is 9.46. The van der Waals surface area contributed by atoms with Gasteiger partial charge in [-0.25, -0.2) is 0 Å². The summed E-state index contributed by atoms with van der Waals surface area (Å²) in [5, 5.41) is 10.3. The standard InChI is InChI=1S/C27H44O2/c1-17(2)25(29)11-6-18(3)22-9-10-23-21-8-7-19-16-20(28)12-14-26(19,4)24(21)13-15-27(22,23)5/h16-18,21-25,29H,6-15H2,1-5H3/t18-,21+,22-,23+,24+,25?,26+,27-/m1/s1. The van der Waals surface area contributed by atoms with Gasteiger partial charge in [-0.3, -0.25) is 4.79 Å². The lowest BCUT2D eigenvalue weighted by Gasteiger charge is -2.58. The van der Waals surface area contributed by atoms with Crippen LogP contribution in [0.1, 0.15) is 98.8 Å². The summed E-state index contributed by atoms with van der Waals surface area (Å²) in [4.78, 5) is 12.0. The Balaban J connectivity index is 1.49. The molecule has 0 aromatic rings. The van der Waals surface area contributed by atoms with Crippen LogP contribution < -0.4 is 0 Å². The second-order valence-corrected chi connectivity index (χ2v) is 12.1. The second kappa shape index (κ2) is 7.81. The first-order chi connectivity index (χ1) is 13.7. The molecule has 2 nitrogen and oxygen atoms in total. The lowest BCUT2D eigenvalue weighted by molar-refractivity contribution is -0.117. The van der Waals surface area contributed by atoms with Gasteiger partial charge in [-0.2, -0.15) is 0 Å². The number of ketones is 1. The van der Waals surface area contributed by atoms with Crippen LogP contribution in [0.2, 0.25) is 0 Å². The maximum absolute atomic E-state index is 12.0. The van der Waals surface area contributed by atoms with E-state index in [2.05, 4.69) is 34.6 Å². The minimum absolute atomic E-state index is 0.143. The van der Waals surface area contributed by atoms with Gasteiger partial charge in [-0.15, -0.1) is 0 Å². The summed E-state index contributed by atoms with van der Waals surface area (Å²) in [6.07, 6.45) is 13.9. The van der Waals surface area contributed by atoms with Gasteiger partial charge in [-0.05, 0) is 110 Å². The number of hydrogen-bond acceptors (Lipinski definition) is 2. The van der Waals surface area contributed by atoms with Gasteiger partial charge >= 0.3 is 0 Å². The van der Waals surface area contributed by atoms with Gasteiger partial charge < -0.3 is 5.11 Å². The summed E-state index contributed by atoms with van der Waals surface area (Å²) in [6.45, 7) is 11.8. The summed E-state index contributed by atoms with van der Waals surface area (Å²) in [5.74, 6) is 4.82. The fourth-order valence-electron chi connectivity index (χ4n) is 8.50. The van der Waals surface area contributed by atoms with E-state index in [1.54, 1.807) is 0 Å². The maximum atomic E-state index is 12.0. The third kappa shape index (κ3) is 3.56. The van der Waals surface area contributed by atoms with Crippen molar-refractivity contribution < 1.29 is 9.90 Å². The van der Waals surface area contributed by atoms with Crippen molar-refractivity contribution in [2.24, 2.45) is 46.3 Å². The summed E-state index contributed by atoms with van der Waals surface area (Å²) in [6, 6.07) is 0. The highest BCUT2D eigenvalue weighted by Gasteiger charge is 2.59. The smallest absolute Gasteiger partial charge is 0.155 e. The predicted molar refractivity (Wildman–Crippen MR) is 119 cm³/mol. The molecule has 0 aliphatic heterocycles. The molecule has 0 amide bonds. The van der Waals surface area contributed by atoms with Crippen LogP contribution in [0.3, 0.4) is 0 Å². The fourth-order valence-corrected chi connectivity index (χ4v) is 8.50. The number of hydrogen-bond donors (Lipinski definition) is 1. The summed E-state index contributed by atoms with van der Waals surface area (Å²) in [7, 11) is 0. The summed E-state index contributed by atoms with van der Waals surface area (Å²) < 4.78 is 0. The molecule has 29 heavy (non-hydrogen) atoms. The molecule has 2 heteroatoms. The molecule has 3 fully saturated rings.